The Labute approximate surface area is 71.8 Å². The predicted octanol–water partition coefficient (Wildman–Crippen LogP) is 1.72. The van der Waals surface area contributed by atoms with Crippen LogP contribution in [0.25, 0.3) is 0 Å². The Morgan fingerprint density at radius 1 is 1.42 bits per heavy atom. The molecule has 0 fully saturated rings. The lowest BCUT2D eigenvalue weighted by Crippen LogP contribution is -2.16. The minimum atomic E-state index is -0.162. The molecule has 0 spiro atoms. The number of hydrogen-bond donors (Lipinski definition) is 2. The molecule has 2 nitrogen and oxygen atoms in total. The van der Waals surface area contributed by atoms with E-state index in [1.807, 2.05) is 7.05 Å². The van der Waals surface area contributed by atoms with E-state index < -0.39 is 0 Å². The number of halogens is 1. The van der Waals surface area contributed by atoms with Gasteiger partial charge in [0.2, 0.25) is 0 Å². The quantitative estimate of drug-likeness (QED) is 0.671. The van der Waals surface area contributed by atoms with Crippen molar-refractivity contribution in [3.8, 4) is 0 Å². The SMILES string of the molecule is CNCNc1ccc(F)c(C)c1. The van der Waals surface area contributed by atoms with Gasteiger partial charge in [-0.25, -0.2) is 4.39 Å². The molecule has 0 atom stereocenters. The number of nitrogens with one attached hydrogen (secondary N) is 2. The highest BCUT2D eigenvalue weighted by atomic mass is 19.1. The number of aryl methyl sites for hydroxylation is 1. The van der Waals surface area contributed by atoms with Gasteiger partial charge < -0.3 is 10.6 Å². The maximum Gasteiger partial charge on any atom is 0.126 e. The van der Waals surface area contributed by atoms with E-state index in [0.29, 0.717) is 12.2 Å². The molecule has 0 amide bonds. The van der Waals surface area contributed by atoms with Crippen LogP contribution in [0.5, 0.6) is 0 Å². The summed E-state index contributed by atoms with van der Waals surface area (Å²) >= 11 is 0. The Balaban J connectivity index is 2.69. The fourth-order valence-electron chi connectivity index (χ4n) is 0.945. The third-order valence-corrected chi connectivity index (χ3v) is 1.63. The Hall–Kier alpha value is -1.09. The first kappa shape index (κ1) is 9.00. The molecule has 1 rings (SSSR count). The fourth-order valence-corrected chi connectivity index (χ4v) is 0.945. The first-order valence-corrected chi connectivity index (χ1v) is 3.88. The van der Waals surface area contributed by atoms with Gasteiger partial charge in [0.25, 0.3) is 0 Å². The van der Waals surface area contributed by atoms with Gasteiger partial charge in [0.15, 0.2) is 0 Å². The second kappa shape index (κ2) is 4.07. The Bertz CT molecular complexity index is 261. The molecule has 0 unspecified atom stereocenters. The molecule has 1 aromatic carbocycles. The van der Waals surface area contributed by atoms with Gasteiger partial charge in [-0.05, 0) is 37.7 Å². The van der Waals surface area contributed by atoms with Gasteiger partial charge in [-0.1, -0.05) is 0 Å². The number of rotatable bonds is 3. The average Bonchev–Trinajstić information content (AvgIpc) is 2.07. The lowest BCUT2D eigenvalue weighted by molar-refractivity contribution is 0.618. The molecular formula is C9H13FN2. The molecule has 1 aromatic rings. The van der Waals surface area contributed by atoms with E-state index in [-0.39, 0.29) is 5.82 Å². The van der Waals surface area contributed by atoms with Gasteiger partial charge >= 0.3 is 0 Å². The number of benzene rings is 1. The van der Waals surface area contributed by atoms with Crippen LogP contribution < -0.4 is 10.6 Å². The molecule has 0 saturated heterocycles. The summed E-state index contributed by atoms with van der Waals surface area (Å²) in [6, 6.07) is 4.97. The molecule has 0 aliphatic heterocycles. The molecule has 0 heterocycles. The van der Waals surface area contributed by atoms with E-state index in [4.69, 9.17) is 0 Å². The topological polar surface area (TPSA) is 24.1 Å². The first-order chi connectivity index (χ1) is 5.74. The Kier molecular flexibility index (Phi) is 3.05. The van der Waals surface area contributed by atoms with Crippen LogP contribution in [0.4, 0.5) is 10.1 Å². The van der Waals surface area contributed by atoms with E-state index in [2.05, 4.69) is 10.6 Å². The molecule has 0 aromatic heterocycles. The third kappa shape index (κ3) is 2.20. The van der Waals surface area contributed by atoms with Crippen LogP contribution >= 0.6 is 0 Å². The van der Waals surface area contributed by atoms with Gasteiger partial charge in [-0.2, -0.15) is 0 Å². The van der Waals surface area contributed by atoms with E-state index in [1.54, 1.807) is 19.1 Å². The highest BCUT2D eigenvalue weighted by Gasteiger charge is 1.96. The van der Waals surface area contributed by atoms with E-state index in [1.165, 1.54) is 6.07 Å². The molecule has 3 heteroatoms. The summed E-state index contributed by atoms with van der Waals surface area (Å²) in [6.45, 7) is 2.44. The summed E-state index contributed by atoms with van der Waals surface area (Å²) < 4.78 is 12.8. The van der Waals surface area contributed by atoms with Crippen LogP contribution in [-0.4, -0.2) is 13.7 Å². The van der Waals surface area contributed by atoms with Crippen LogP contribution in [0.15, 0.2) is 18.2 Å². The molecule has 0 saturated carbocycles. The van der Waals surface area contributed by atoms with E-state index in [9.17, 15) is 4.39 Å². The van der Waals surface area contributed by atoms with Crippen LogP contribution in [0, 0.1) is 12.7 Å². The zero-order valence-corrected chi connectivity index (χ0v) is 7.32. The largest absolute Gasteiger partial charge is 0.372 e. The Morgan fingerprint density at radius 2 is 2.17 bits per heavy atom. The highest BCUT2D eigenvalue weighted by Crippen LogP contribution is 2.12. The van der Waals surface area contributed by atoms with Gasteiger partial charge in [-0.3, -0.25) is 0 Å². The summed E-state index contributed by atoms with van der Waals surface area (Å²) in [4.78, 5) is 0. The van der Waals surface area contributed by atoms with Crippen molar-refractivity contribution in [3.63, 3.8) is 0 Å². The molecule has 0 aliphatic carbocycles. The zero-order chi connectivity index (χ0) is 8.97. The van der Waals surface area contributed by atoms with Crippen LogP contribution in [-0.2, 0) is 0 Å². The molecule has 66 valence electrons. The Morgan fingerprint density at radius 3 is 2.75 bits per heavy atom. The van der Waals surface area contributed by atoms with E-state index in [0.717, 1.165) is 5.69 Å². The van der Waals surface area contributed by atoms with Crippen molar-refractivity contribution in [2.24, 2.45) is 0 Å². The van der Waals surface area contributed by atoms with Crippen molar-refractivity contribution in [1.82, 2.24) is 5.32 Å². The zero-order valence-electron chi connectivity index (χ0n) is 7.32. The molecule has 0 bridgehead atoms. The van der Waals surface area contributed by atoms with Gasteiger partial charge in [0.05, 0.1) is 6.67 Å². The molecule has 12 heavy (non-hydrogen) atoms. The van der Waals surface area contributed by atoms with Crippen molar-refractivity contribution < 1.29 is 4.39 Å². The lowest BCUT2D eigenvalue weighted by atomic mass is 10.2. The normalized spacial score (nSPS) is 9.92. The second-order valence-electron chi connectivity index (χ2n) is 2.67. The predicted molar refractivity (Wildman–Crippen MR) is 48.7 cm³/mol. The molecule has 2 N–H and O–H groups in total. The lowest BCUT2D eigenvalue weighted by Gasteiger charge is -2.05. The number of hydrogen-bond acceptors (Lipinski definition) is 2. The fraction of sp³-hybridized carbons (Fsp3) is 0.333. The molecule has 0 aliphatic rings. The van der Waals surface area contributed by atoms with E-state index >= 15 is 0 Å². The monoisotopic (exact) mass is 168 g/mol. The summed E-state index contributed by atoms with van der Waals surface area (Å²) in [5, 5.41) is 6.03. The summed E-state index contributed by atoms with van der Waals surface area (Å²) in [7, 11) is 1.85. The van der Waals surface area contributed by atoms with Crippen LogP contribution in [0.1, 0.15) is 5.56 Å². The first-order valence-electron chi connectivity index (χ1n) is 3.88. The summed E-state index contributed by atoms with van der Waals surface area (Å²) in [5.41, 5.74) is 1.60. The second-order valence-corrected chi connectivity index (χ2v) is 2.67. The van der Waals surface area contributed by atoms with Crippen LogP contribution in [0.3, 0.4) is 0 Å². The van der Waals surface area contributed by atoms with Crippen molar-refractivity contribution in [1.29, 1.82) is 0 Å². The van der Waals surface area contributed by atoms with Crippen molar-refractivity contribution >= 4 is 5.69 Å². The average molecular weight is 168 g/mol. The molecule has 0 radical (unpaired) electrons. The minimum absolute atomic E-state index is 0.162. The molecular weight excluding hydrogens is 155 g/mol. The minimum Gasteiger partial charge on any atom is -0.372 e. The van der Waals surface area contributed by atoms with Gasteiger partial charge in [0, 0.05) is 5.69 Å². The van der Waals surface area contributed by atoms with Crippen molar-refractivity contribution in [2.45, 2.75) is 6.92 Å². The van der Waals surface area contributed by atoms with Gasteiger partial charge in [0.1, 0.15) is 5.82 Å². The summed E-state index contributed by atoms with van der Waals surface area (Å²) in [5.74, 6) is -0.162. The maximum absolute atomic E-state index is 12.8. The highest BCUT2D eigenvalue weighted by molar-refractivity contribution is 5.45. The third-order valence-electron chi connectivity index (χ3n) is 1.63. The van der Waals surface area contributed by atoms with Gasteiger partial charge in [-0.15, -0.1) is 0 Å². The van der Waals surface area contributed by atoms with Crippen molar-refractivity contribution in [3.05, 3.63) is 29.6 Å². The number of anilines is 1. The maximum atomic E-state index is 12.8. The summed E-state index contributed by atoms with van der Waals surface area (Å²) in [6.07, 6.45) is 0. The standard InChI is InChI=1S/C9H13FN2/c1-7-5-8(12-6-11-2)3-4-9(7)10/h3-5,11-12H,6H2,1-2H3. The smallest absolute Gasteiger partial charge is 0.126 e. The van der Waals surface area contributed by atoms with Crippen LogP contribution in [0.2, 0.25) is 0 Å². The van der Waals surface area contributed by atoms with Crippen molar-refractivity contribution in [2.75, 3.05) is 19.0 Å².